The molecule has 5 heteroatoms. The number of fused-ring (bicyclic) bond motifs is 1. The number of phenols is 2. The standard InChI is InChI=1S/C30H32O5/c1-29(2,3)21-15-18(16-22(27(21)33)30(4,5)6)24(17-11-13-19(31)14-12-17)25-26(32)20-9-7-8-10-23(20)35-28(25)34/h7-16,24,31-33H,1-6H3/t24-/m0/s1. The fourth-order valence-corrected chi connectivity index (χ4v) is 4.56. The van der Waals surface area contributed by atoms with Gasteiger partial charge in [-0.1, -0.05) is 77.9 Å². The number of phenolic OH excluding ortho intramolecular Hbond substituents is 2. The predicted molar refractivity (Wildman–Crippen MR) is 139 cm³/mol. The highest BCUT2D eigenvalue weighted by Gasteiger charge is 2.32. The van der Waals surface area contributed by atoms with Crippen molar-refractivity contribution in [2.45, 2.75) is 58.3 Å². The van der Waals surface area contributed by atoms with Crippen LogP contribution in [0.1, 0.15) is 75.3 Å². The lowest BCUT2D eigenvalue weighted by atomic mass is 9.75. The lowest BCUT2D eigenvalue weighted by Crippen LogP contribution is -2.20. The SMILES string of the molecule is CC(C)(C)c1cc([C@H](c2ccc(O)cc2)c2c(O)c3ccccc3oc2=O)cc(C(C)(C)C)c1O. The fourth-order valence-electron chi connectivity index (χ4n) is 4.56. The van der Waals surface area contributed by atoms with Crippen molar-refractivity contribution in [3.63, 3.8) is 0 Å². The Hall–Kier alpha value is -3.73. The predicted octanol–water partition coefficient (Wildman–Crippen LogP) is 6.69. The molecule has 0 saturated carbocycles. The number of para-hydroxylation sites is 1. The maximum Gasteiger partial charge on any atom is 0.344 e. The zero-order valence-electron chi connectivity index (χ0n) is 21.0. The molecular weight excluding hydrogens is 440 g/mol. The summed E-state index contributed by atoms with van der Waals surface area (Å²) in [5.74, 6) is -0.511. The second-order valence-electron chi connectivity index (χ2n) is 11.1. The molecule has 5 nitrogen and oxygen atoms in total. The molecule has 0 aliphatic heterocycles. The summed E-state index contributed by atoms with van der Waals surface area (Å²) in [6, 6.07) is 17.2. The van der Waals surface area contributed by atoms with Crippen molar-refractivity contribution in [1.29, 1.82) is 0 Å². The molecule has 182 valence electrons. The monoisotopic (exact) mass is 472 g/mol. The first-order valence-electron chi connectivity index (χ1n) is 11.7. The minimum Gasteiger partial charge on any atom is -0.508 e. The third kappa shape index (κ3) is 4.51. The molecule has 0 unspecified atom stereocenters. The van der Waals surface area contributed by atoms with Gasteiger partial charge in [0, 0.05) is 5.92 Å². The zero-order chi connectivity index (χ0) is 25.7. The Kier molecular flexibility index (Phi) is 5.92. The number of aromatic hydroxyl groups is 3. The molecule has 0 bridgehead atoms. The van der Waals surface area contributed by atoms with Gasteiger partial charge in [-0.15, -0.1) is 0 Å². The molecule has 0 aliphatic carbocycles. The third-order valence-corrected chi connectivity index (χ3v) is 6.42. The first-order valence-corrected chi connectivity index (χ1v) is 11.7. The van der Waals surface area contributed by atoms with Gasteiger partial charge in [-0.05, 0) is 57.3 Å². The van der Waals surface area contributed by atoms with Crippen molar-refractivity contribution in [2.24, 2.45) is 0 Å². The average molecular weight is 473 g/mol. The number of benzene rings is 3. The summed E-state index contributed by atoms with van der Waals surface area (Å²) >= 11 is 0. The van der Waals surface area contributed by atoms with Crippen molar-refractivity contribution in [3.8, 4) is 17.2 Å². The quantitative estimate of drug-likeness (QED) is 0.289. The van der Waals surface area contributed by atoms with Crippen molar-refractivity contribution < 1.29 is 19.7 Å². The molecule has 0 saturated heterocycles. The van der Waals surface area contributed by atoms with Gasteiger partial charge >= 0.3 is 5.63 Å². The number of rotatable bonds is 3. The molecule has 0 radical (unpaired) electrons. The van der Waals surface area contributed by atoms with Crippen LogP contribution in [0.5, 0.6) is 17.2 Å². The van der Waals surface area contributed by atoms with Crippen LogP contribution in [0.15, 0.2) is 69.9 Å². The van der Waals surface area contributed by atoms with Gasteiger partial charge in [0.2, 0.25) is 0 Å². The molecule has 1 aromatic heterocycles. The summed E-state index contributed by atoms with van der Waals surface area (Å²) in [5, 5.41) is 32.9. The molecule has 1 heterocycles. The minimum absolute atomic E-state index is 0.0961. The molecule has 3 N–H and O–H groups in total. The van der Waals surface area contributed by atoms with Gasteiger partial charge in [0.05, 0.1) is 10.9 Å². The molecule has 3 aromatic carbocycles. The van der Waals surface area contributed by atoms with Crippen LogP contribution in [-0.4, -0.2) is 15.3 Å². The molecule has 35 heavy (non-hydrogen) atoms. The normalized spacial score (nSPS) is 13.2. The Morgan fingerprint density at radius 3 is 1.80 bits per heavy atom. The topological polar surface area (TPSA) is 90.9 Å². The molecule has 0 fully saturated rings. The zero-order valence-corrected chi connectivity index (χ0v) is 21.0. The Morgan fingerprint density at radius 1 is 0.714 bits per heavy atom. The third-order valence-electron chi connectivity index (χ3n) is 6.42. The van der Waals surface area contributed by atoms with E-state index in [1.165, 1.54) is 0 Å². The first-order chi connectivity index (χ1) is 16.3. The van der Waals surface area contributed by atoms with E-state index in [9.17, 15) is 20.1 Å². The van der Waals surface area contributed by atoms with E-state index in [4.69, 9.17) is 4.42 Å². The van der Waals surface area contributed by atoms with E-state index in [1.807, 2.05) is 53.7 Å². The first kappa shape index (κ1) is 24.4. The fraction of sp³-hybridized carbons (Fsp3) is 0.300. The maximum atomic E-state index is 13.3. The smallest absolute Gasteiger partial charge is 0.344 e. The Labute approximate surface area is 205 Å². The summed E-state index contributed by atoms with van der Waals surface area (Å²) in [6.45, 7) is 12.1. The molecule has 4 rings (SSSR count). The molecule has 0 spiro atoms. The average Bonchev–Trinajstić information content (AvgIpc) is 2.76. The highest BCUT2D eigenvalue weighted by Crippen LogP contribution is 2.45. The van der Waals surface area contributed by atoms with E-state index < -0.39 is 11.5 Å². The summed E-state index contributed by atoms with van der Waals surface area (Å²) in [7, 11) is 0. The Balaban J connectivity index is 2.12. The van der Waals surface area contributed by atoms with Crippen LogP contribution in [0.25, 0.3) is 11.0 Å². The summed E-state index contributed by atoms with van der Waals surface area (Å²) in [4.78, 5) is 13.3. The van der Waals surface area contributed by atoms with E-state index in [0.717, 1.165) is 16.7 Å². The molecule has 1 atom stereocenters. The highest BCUT2D eigenvalue weighted by atomic mass is 16.4. The van der Waals surface area contributed by atoms with Crippen LogP contribution < -0.4 is 5.63 Å². The number of hydrogen-bond donors (Lipinski definition) is 3. The van der Waals surface area contributed by atoms with E-state index in [-0.39, 0.29) is 33.6 Å². The lowest BCUT2D eigenvalue weighted by Gasteiger charge is -2.30. The molecular formula is C30H32O5. The van der Waals surface area contributed by atoms with Crippen LogP contribution >= 0.6 is 0 Å². The summed E-state index contributed by atoms with van der Waals surface area (Å²) in [6.07, 6.45) is 0. The molecule has 0 amide bonds. The van der Waals surface area contributed by atoms with Crippen molar-refractivity contribution in [3.05, 3.63) is 98.9 Å². The second kappa shape index (κ2) is 8.49. The van der Waals surface area contributed by atoms with Crippen molar-refractivity contribution >= 4 is 11.0 Å². The Morgan fingerprint density at radius 2 is 1.26 bits per heavy atom. The van der Waals surface area contributed by atoms with Crippen LogP contribution in [0.4, 0.5) is 0 Å². The van der Waals surface area contributed by atoms with Crippen LogP contribution in [-0.2, 0) is 10.8 Å². The van der Waals surface area contributed by atoms with Gasteiger partial charge in [-0.25, -0.2) is 4.79 Å². The minimum atomic E-state index is -0.695. The Bertz CT molecular complexity index is 1410. The van der Waals surface area contributed by atoms with Crippen LogP contribution in [0, 0.1) is 0 Å². The maximum absolute atomic E-state index is 13.3. The molecule has 0 aliphatic rings. The van der Waals surface area contributed by atoms with Crippen molar-refractivity contribution in [1.82, 2.24) is 0 Å². The largest absolute Gasteiger partial charge is 0.508 e. The summed E-state index contributed by atoms with van der Waals surface area (Å²) < 4.78 is 5.63. The van der Waals surface area contributed by atoms with Gasteiger partial charge in [-0.3, -0.25) is 0 Å². The second-order valence-corrected chi connectivity index (χ2v) is 11.1. The van der Waals surface area contributed by atoms with E-state index >= 15 is 0 Å². The van der Waals surface area contributed by atoms with Gasteiger partial charge in [0.1, 0.15) is 22.8 Å². The van der Waals surface area contributed by atoms with Gasteiger partial charge in [-0.2, -0.15) is 0 Å². The van der Waals surface area contributed by atoms with Gasteiger partial charge in [0.15, 0.2) is 0 Å². The van der Waals surface area contributed by atoms with Crippen LogP contribution in [0.3, 0.4) is 0 Å². The number of hydrogen-bond acceptors (Lipinski definition) is 5. The van der Waals surface area contributed by atoms with E-state index in [1.54, 1.807) is 48.5 Å². The van der Waals surface area contributed by atoms with Gasteiger partial charge in [0.25, 0.3) is 0 Å². The molecule has 4 aromatic rings. The van der Waals surface area contributed by atoms with Crippen LogP contribution in [0.2, 0.25) is 0 Å². The highest BCUT2D eigenvalue weighted by molar-refractivity contribution is 5.84. The van der Waals surface area contributed by atoms with Gasteiger partial charge < -0.3 is 19.7 Å². The van der Waals surface area contributed by atoms with E-state index in [2.05, 4.69) is 0 Å². The van der Waals surface area contributed by atoms with Crippen molar-refractivity contribution in [2.75, 3.05) is 0 Å². The lowest BCUT2D eigenvalue weighted by molar-refractivity contribution is 0.422. The van der Waals surface area contributed by atoms with E-state index in [0.29, 0.717) is 16.5 Å². The summed E-state index contributed by atoms with van der Waals surface area (Å²) in [5.41, 5.74) is 1.95.